The molecule has 0 amide bonds. The minimum atomic E-state index is 0.873. The van der Waals surface area contributed by atoms with Gasteiger partial charge in [-0.2, -0.15) is 5.10 Å². The van der Waals surface area contributed by atoms with Crippen molar-refractivity contribution in [1.82, 2.24) is 19.7 Å². The molecule has 112 valence electrons. The first kappa shape index (κ1) is 14.5. The zero-order valence-electron chi connectivity index (χ0n) is 13.0. The van der Waals surface area contributed by atoms with Crippen LogP contribution in [0.2, 0.25) is 0 Å². The largest absolute Gasteiger partial charge is 0.308 e. The predicted molar refractivity (Wildman–Crippen MR) is 89.4 cm³/mol. The Balaban J connectivity index is 2.03. The van der Waals surface area contributed by atoms with Crippen molar-refractivity contribution in [1.29, 1.82) is 0 Å². The van der Waals surface area contributed by atoms with Gasteiger partial charge in [0.1, 0.15) is 5.69 Å². The van der Waals surface area contributed by atoms with Gasteiger partial charge >= 0.3 is 0 Å². The molecule has 0 N–H and O–H groups in total. The molecule has 0 aliphatic rings. The Morgan fingerprint density at radius 2 is 1.68 bits per heavy atom. The molecule has 3 aromatic rings. The molecule has 22 heavy (non-hydrogen) atoms. The molecule has 0 saturated heterocycles. The predicted octanol–water partition coefficient (Wildman–Crippen LogP) is 3.17. The maximum Gasteiger partial charge on any atom is 0.100 e. The van der Waals surface area contributed by atoms with Crippen molar-refractivity contribution in [3.05, 3.63) is 61.1 Å². The number of hydrogen-bond donors (Lipinski definition) is 0. The van der Waals surface area contributed by atoms with E-state index >= 15 is 0 Å². The van der Waals surface area contributed by atoms with Crippen molar-refractivity contribution in [3.8, 4) is 22.4 Å². The van der Waals surface area contributed by atoms with E-state index in [1.54, 1.807) is 0 Å². The smallest absolute Gasteiger partial charge is 0.100 e. The third kappa shape index (κ3) is 3.23. The molecule has 4 nitrogen and oxygen atoms in total. The number of aromatic nitrogens is 3. The molecule has 2 aromatic heterocycles. The fourth-order valence-corrected chi connectivity index (χ4v) is 2.39. The first-order chi connectivity index (χ1) is 10.7. The Hall–Kier alpha value is -2.46. The molecule has 3 rings (SSSR count). The van der Waals surface area contributed by atoms with Gasteiger partial charge in [-0.25, -0.2) is 0 Å². The van der Waals surface area contributed by atoms with Gasteiger partial charge in [-0.05, 0) is 31.8 Å². The van der Waals surface area contributed by atoms with Crippen LogP contribution in [0.4, 0.5) is 0 Å². The number of pyridine rings is 1. The van der Waals surface area contributed by atoms with E-state index in [1.165, 1.54) is 0 Å². The summed E-state index contributed by atoms with van der Waals surface area (Å²) in [5.41, 5.74) is 4.45. The Kier molecular flexibility index (Phi) is 4.30. The van der Waals surface area contributed by atoms with Gasteiger partial charge in [-0.3, -0.25) is 9.67 Å². The SMILES string of the molecule is CN(C)CCn1cc(-c2ccncc2)c(-c2ccccc2)n1. The maximum atomic E-state index is 4.80. The van der Waals surface area contributed by atoms with Crippen molar-refractivity contribution in [2.75, 3.05) is 20.6 Å². The highest BCUT2D eigenvalue weighted by molar-refractivity contribution is 5.80. The van der Waals surface area contributed by atoms with Crippen LogP contribution in [0.15, 0.2) is 61.1 Å². The molecule has 1 aromatic carbocycles. The fourth-order valence-electron chi connectivity index (χ4n) is 2.39. The molecule has 0 radical (unpaired) electrons. The number of likely N-dealkylation sites (N-methyl/N-ethyl adjacent to an activating group) is 1. The summed E-state index contributed by atoms with van der Waals surface area (Å²) < 4.78 is 2.03. The lowest BCUT2D eigenvalue weighted by Gasteiger charge is -2.08. The molecule has 4 heteroatoms. The van der Waals surface area contributed by atoms with E-state index in [2.05, 4.69) is 42.3 Å². The molecular formula is C18H20N4. The first-order valence-corrected chi connectivity index (χ1v) is 7.42. The van der Waals surface area contributed by atoms with Crippen LogP contribution in [-0.2, 0) is 6.54 Å². The summed E-state index contributed by atoms with van der Waals surface area (Å²) in [5.74, 6) is 0. The van der Waals surface area contributed by atoms with Crippen molar-refractivity contribution in [2.45, 2.75) is 6.54 Å². The Bertz CT molecular complexity index is 660. The monoisotopic (exact) mass is 292 g/mol. The van der Waals surface area contributed by atoms with Gasteiger partial charge in [0.15, 0.2) is 0 Å². The molecule has 0 fully saturated rings. The molecule has 0 spiro atoms. The first-order valence-electron chi connectivity index (χ1n) is 7.42. The molecule has 0 bridgehead atoms. The minimum Gasteiger partial charge on any atom is -0.308 e. The van der Waals surface area contributed by atoms with Gasteiger partial charge in [0.05, 0.1) is 6.54 Å². The Morgan fingerprint density at radius 3 is 2.36 bits per heavy atom. The highest BCUT2D eigenvalue weighted by atomic mass is 15.3. The van der Waals surface area contributed by atoms with Gasteiger partial charge in [0.25, 0.3) is 0 Å². The molecule has 2 heterocycles. The Labute approximate surface area is 131 Å². The zero-order chi connectivity index (χ0) is 15.4. The van der Waals surface area contributed by atoms with E-state index in [-0.39, 0.29) is 0 Å². The van der Waals surface area contributed by atoms with Crippen LogP contribution < -0.4 is 0 Å². The molecule has 0 aliphatic heterocycles. The summed E-state index contributed by atoms with van der Waals surface area (Å²) in [4.78, 5) is 6.27. The lowest BCUT2D eigenvalue weighted by molar-refractivity contribution is 0.373. The molecule has 0 atom stereocenters. The topological polar surface area (TPSA) is 34.0 Å². The van der Waals surface area contributed by atoms with Crippen molar-refractivity contribution in [2.24, 2.45) is 0 Å². The lowest BCUT2D eigenvalue weighted by Crippen LogP contribution is -2.18. The fraction of sp³-hybridized carbons (Fsp3) is 0.222. The number of benzene rings is 1. The second-order valence-corrected chi connectivity index (χ2v) is 5.56. The van der Waals surface area contributed by atoms with Crippen molar-refractivity contribution >= 4 is 0 Å². The van der Waals surface area contributed by atoms with E-state index in [0.29, 0.717) is 0 Å². The molecule has 0 saturated carbocycles. The minimum absolute atomic E-state index is 0.873. The second-order valence-electron chi connectivity index (χ2n) is 5.56. The highest BCUT2D eigenvalue weighted by Gasteiger charge is 2.12. The summed E-state index contributed by atoms with van der Waals surface area (Å²) in [6.07, 6.45) is 5.77. The van der Waals surface area contributed by atoms with Crippen LogP contribution in [0.5, 0.6) is 0 Å². The molecule has 0 unspecified atom stereocenters. The van der Waals surface area contributed by atoms with Gasteiger partial charge in [0.2, 0.25) is 0 Å². The second kappa shape index (κ2) is 6.54. The summed E-state index contributed by atoms with van der Waals surface area (Å²) in [7, 11) is 4.15. The van der Waals surface area contributed by atoms with E-state index < -0.39 is 0 Å². The van der Waals surface area contributed by atoms with E-state index in [0.717, 1.165) is 35.5 Å². The number of hydrogen-bond acceptors (Lipinski definition) is 3. The highest BCUT2D eigenvalue weighted by Crippen LogP contribution is 2.30. The lowest BCUT2D eigenvalue weighted by atomic mass is 10.0. The van der Waals surface area contributed by atoms with Crippen LogP contribution >= 0.6 is 0 Å². The van der Waals surface area contributed by atoms with Gasteiger partial charge in [0, 0.05) is 36.3 Å². The third-order valence-electron chi connectivity index (χ3n) is 3.58. The number of nitrogens with zero attached hydrogens (tertiary/aromatic N) is 4. The van der Waals surface area contributed by atoms with Gasteiger partial charge < -0.3 is 4.90 Å². The van der Waals surface area contributed by atoms with Crippen molar-refractivity contribution < 1.29 is 0 Å². The van der Waals surface area contributed by atoms with Crippen LogP contribution in [-0.4, -0.2) is 40.3 Å². The van der Waals surface area contributed by atoms with Crippen LogP contribution in [0.3, 0.4) is 0 Å². The summed E-state index contributed by atoms with van der Waals surface area (Å²) in [6.45, 7) is 1.84. The van der Waals surface area contributed by atoms with Crippen LogP contribution in [0.25, 0.3) is 22.4 Å². The quantitative estimate of drug-likeness (QED) is 0.724. The van der Waals surface area contributed by atoms with E-state index in [9.17, 15) is 0 Å². The standard InChI is InChI=1S/C18H20N4/c1-21(2)12-13-22-14-17(15-8-10-19-11-9-15)18(20-22)16-6-4-3-5-7-16/h3-11,14H,12-13H2,1-2H3. The van der Waals surface area contributed by atoms with E-state index in [4.69, 9.17) is 5.10 Å². The average Bonchev–Trinajstić information content (AvgIpc) is 2.99. The van der Waals surface area contributed by atoms with Gasteiger partial charge in [-0.1, -0.05) is 30.3 Å². The zero-order valence-corrected chi connectivity index (χ0v) is 13.0. The Morgan fingerprint density at radius 1 is 0.955 bits per heavy atom. The summed E-state index contributed by atoms with van der Waals surface area (Å²) >= 11 is 0. The van der Waals surface area contributed by atoms with Gasteiger partial charge in [-0.15, -0.1) is 0 Å². The normalized spacial score (nSPS) is 11.0. The number of rotatable bonds is 5. The van der Waals surface area contributed by atoms with Crippen LogP contribution in [0, 0.1) is 0 Å². The summed E-state index contributed by atoms with van der Waals surface area (Å²) in [6, 6.07) is 14.4. The maximum absolute atomic E-state index is 4.80. The summed E-state index contributed by atoms with van der Waals surface area (Å²) in [5, 5.41) is 4.80. The van der Waals surface area contributed by atoms with E-state index in [1.807, 2.05) is 47.4 Å². The van der Waals surface area contributed by atoms with Crippen LogP contribution in [0.1, 0.15) is 0 Å². The van der Waals surface area contributed by atoms with Crippen molar-refractivity contribution in [3.63, 3.8) is 0 Å². The molecule has 0 aliphatic carbocycles. The third-order valence-corrected chi connectivity index (χ3v) is 3.58. The average molecular weight is 292 g/mol. The molecular weight excluding hydrogens is 272 g/mol.